The van der Waals surface area contributed by atoms with E-state index in [-0.39, 0.29) is 17.9 Å². The number of amides is 2. The number of fused-ring (bicyclic) bond motifs is 1. The maximum atomic E-state index is 12.8. The summed E-state index contributed by atoms with van der Waals surface area (Å²) in [5.41, 5.74) is 8.39. The number of carbonyl (C=O) groups is 2. The molecule has 1 aliphatic heterocycles. The second-order valence-corrected chi connectivity index (χ2v) is 9.48. The summed E-state index contributed by atoms with van der Waals surface area (Å²) in [5, 5.41) is 2.82. The summed E-state index contributed by atoms with van der Waals surface area (Å²) in [6.07, 6.45) is 0.796. The molecule has 0 spiro atoms. The number of hydrogen-bond donors (Lipinski definition) is 3. The second kappa shape index (κ2) is 10.9. The van der Waals surface area contributed by atoms with Crippen molar-refractivity contribution in [2.45, 2.75) is 32.9 Å². The molecule has 0 radical (unpaired) electrons. The largest absolute Gasteiger partial charge is 0.368 e. The van der Waals surface area contributed by atoms with E-state index in [0.717, 1.165) is 54.8 Å². The minimum absolute atomic E-state index is 0.189. The van der Waals surface area contributed by atoms with E-state index in [4.69, 9.17) is 5.73 Å². The first kappa shape index (κ1) is 24.7. The zero-order valence-corrected chi connectivity index (χ0v) is 20.4. The fourth-order valence-corrected chi connectivity index (χ4v) is 4.84. The fraction of sp³-hybridized carbons (Fsp3) is 0.423. The van der Waals surface area contributed by atoms with E-state index < -0.39 is 11.7 Å². The topological polar surface area (TPSA) is 116 Å². The molecule has 2 aromatic carbocycles. The highest BCUT2D eigenvalue weighted by atomic mass is 16.2. The Bertz CT molecular complexity index is 1220. The van der Waals surface area contributed by atoms with Gasteiger partial charge in [-0.25, -0.2) is 14.2 Å². The lowest BCUT2D eigenvalue weighted by Crippen LogP contribution is -2.56. The Labute approximate surface area is 204 Å². The van der Waals surface area contributed by atoms with Crippen LogP contribution < -0.4 is 16.7 Å². The van der Waals surface area contributed by atoms with Gasteiger partial charge in [-0.05, 0) is 35.6 Å². The van der Waals surface area contributed by atoms with Gasteiger partial charge in [-0.2, -0.15) is 0 Å². The van der Waals surface area contributed by atoms with Crippen molar-refractivity contribution in [2.75, 3.05) is 32.7 Å². The first-order valence-corrected chi connectivity index (χ1v) is 12.1. The number of hydrogen-bond acceptors (Lipinski definition) is 5. The second-order valence-electron chi connectivity index (χ2n) is 9.48. The predicted octanol–water partition coefficient (Wildman–Crippen LogP) is 1.76. The van der Waals surface area contributed by atoms with Gasteiger partial charge >= 0.3 is 11.7 Å². The van der Waals surface area contributed by atoms with Crippen LogP contribution in [0, 0.1) is 5.92 Å². The van der Waals surface area contributed by atoms with Gasteiger partial charge in [0.25, 0.3) is 0 Å². The van der Waals surface area contributed by atoms with Crippen LogP contribution in [0.2, 0.25) is 0 Å². The SMILES string of the molecule is CC(C)C(C(N)=O)N1CCN(CCc2ccc3[nH]c(=O)n(C(=O)NCc4ccccc4)c3c2)CC1. The molecule has 0 aliphatic carbocycles. The minimum Gasteiger partial charge on any atom is -0.368 e. The first-order valence-electron chi connectivity index (χ1n) is 12.1. The lowest BCUT2D eigenvalue weighted by atomic mass is 10.0. The van der Waals surface area contributed by atoms with E-state index in [1.54, 1.807) is 0 Å². The average molecular weight is 479 g/mol. The number of nitrogens with one attached hydrogen (secondary N) is 2. The Morgan fingerprint density at radius 3 is 2.40 bits per heavy atom. The van der Waals surface area contributed by atoms with E-state index >= 15 is 0 Å². The molecular weight excluding hydrogens is 444 g/mol. The number of aromatic amines is 1. The van der Waals surface area contributed by atoms with Crippen LogP contribution in [-0.2, 0) is 17.8 Å². The summed E-state index contributed by atoms with van der Waals surface area (Å²) < 4.78 is 1.16. The molecule has 1 aromatic heterocycles. The van der Waals surface area contributed by atoms with Gasteiger partial charge in [0.2, 0.25) is 5.91 Å². The summed E-state index contributed by atoms with van der Waals surface area (Å²) in [6.45, 7) is 8.62. The van der Waals surface area contributed by atoms with Crippen LogP contribution in [0.25, 0.3) is 11.0 Å². The standard InChI is InChI=1S/C26H34N6O3/c1-18(2)23(24(27)33)31-14-12-30(13-15-31)11-10-19-8-9-21-22(16-19)32(26(35)29-21)25(34)28-17-20-6-4-3-5-7-20/h3-9,16,18,23H,10-15,17H2,1-2H3,(H2,27,33)(H,28,34)(H,29,35). The molecule has 4 rings (SSSR count). The van der Waals surface area contributed by atoms with Gasteiger partial charge in [-0.1, -0.05) is 50.2 Å². The van der Waals surface area contributed by atoms with E-state index in [2.05, 4.69) is 20.1 Å². The Morgan fingerprint density at radius 1 is 1.03 bits per heavy atom. The number of nitrogens with zero attached hydrogens (tertiary/aromatic N) is 3. The van der Waals surface area contributed by atoms with Gasteiger partial charge in [0.1, 0.15) is 0 Å². The summed E-state index contributed by atoms with van der Waals surface area (Å²) in [7, 11) is 0. The molecule has 1 aliphatic rings. The predicted molar refractivity (Wildman–Crippen MR) is 136 cm³/mol. The molecule has 1 atom stereocenters. The zero-order chi connectivity index (χ0) is 24.9. The molecule has 186 valence electrons. The van der Waals surface area contributed by atoms with Crippen molar-refractivity contribution in [1.29, 1.82) is 0 Å². The Kier molecular flexibility index (Phi) is 7.67. The summed E-state index contributed by atoms with van der Waals surface area (Å²) >= 11 is 0. The normalized spacial score (nSPS) is 16.0. The summed E-state index contributed by atoms with van der Waals surface area (Å²) in [5.74, 6) is -0.0678. The summed E-state index contributed by atoms with van der Waals surface area (Å²) in [6, 6.07) is 14.7. The number of benzene rings is 2. The van der Waals surface area contributed by atoms with Gasteiger partial charge in [-0.3, -0.25) is 9.69 Å². The summed E-state index contributed by atoms with van der Waals surface area (Å²) in [4.78, 5) is 44.4. The van der Waals surface area contributed by atoms with E-state index in [1.165, 1.54) is 0 Å². The molecule has 1 unspecified atom stereocenters. The number of aromatic nitrogens is 2. The highest BCUT2D eigenvalue weighted by Gasteiger charge is 2.29. The third-order valence-electron chi connectivity index (χ3n) is 6.68. The first-order chi connectivity index (χ1) is 16.8. The van der Waals surface area contributed by atoms with Crippen molar-refractivity contribution < 1.29 is 9.59 Å². The van der Waals surface area contributed by atoms with Gasteiger partial charge in [0.15, 0.2) is 0 Å². The van der Waals surface area contributed by atoms with Crippen LogP contribution in [0.5, 0.6) is 0 Å². The zero-order valence-electron chi connectivity index (χ0n) is 20.4. The van der Waals surface area contributed by atoms with E-state index in [0.29, 0.717) is 17.6 Å². The van der Waals surface area contributed by atoms with Crippen LogP contribution in [0.3, 0.4) is 0 Å². The number of rotatable bonds is 8. The molecule has 1 saturated heterocycles. The number of primary amides is 1. The molecule has 3 aromatic rings. The Hall–Kier alpha value is -3.43. The van der Waals surface area contributed by atoms with Crippen molar-refractivity contribution in [1.82, 2.24) is 24.7 Å². The van der Waals surface area contributed by atoms with Crippen LogP contribution in [0.15, 0.2) is 53.3 Å². The molecule has 4 N–H and O–H groups in total. The van der Waals surface area contributed by atoms with Gasteiger partial charge in [0, 0.05) is 39.3 Å². The van der Waals surface area contributed by atoms with Crippen LogP contribution >= 0.6 is 0 Å². The van der Waals surface area contributed by atoms with E-state index in [1.807, 2.05) is 62.4 Å². The molecule has 0 saturated carbocycles. The highest BCUT2D eigenvalue weighted by molar-refractivity contribution is 5.89. The van der Waals surface area contributed by atoms with Crippen LogP contribution in [0.1, 0.15) is 25.0 Å². The number of imidazole rings is 1. The van der Waals surface area contributed by atoms with Crippen LogP contribution in [0.4, 0.5) is 4.79 Å². The molecule has 2 heterocycles. The average Bonchev–Trinajstić information content (AvgIpc) is 3.17. The number of piperazine rings is 1. The van der Waals surface area contributed by atoms with Crippen molar-refractivity contribution in [3.8, 4) is 0 Å². The smallest absolute Gasteiger partial charge is 0.334 e. The molecule has 9 nitrogen and oxygen atoms in total. The monoisotopic (exact) mass is 478 g/mol. The van der Waals surface area contributed by atoms with Crippen molar-refractivity contribution in [2.24, 2.45) is 11.7 Å². The quantitative estimate of drug-likeness (QED) is 0.456. The van der Waals surface area contributed by atoms with Crippen molar-refractivity contribution in [3.05, 3.63) is 70.1 Å². The third kappa shape index (κ3) is 5.80. The third-order valence-corrected chi connectivity index (χ3v) is 6.68. The van der Waals surface area contributed by atoms with Gasteiger partial charge in [-0.15, -0.1) is 0 Å². The maximum Gasteiger partial charge on any atom is 0.334 e. The molecule has 2 amide bonds. The number of H-pyrrole nitrogens is 1. The number of nitrogens with two attached hydrogens (primary N) is 1. The lowest BCUT2D eigenvalue weighted by molar-refractivity contribution is -0.125. The van der Waals surface area contributed by atoms with E-state index in [9.17, 15) is 14.4 Å². The Balaban J connectivity index is 1.38. The molecule has 1 fully saturated rings. The molecule has 9 heteroatoms. The van der Waals surface area contributed by atoms with Gasteiger partial charge < -0.3 is 20.9 Å². The molecular formula is C26H34N6O3. The molecule has 35 heavy (non-hydrogen) atoms. The number of carbonyl (C=O) groups excluding carboxylic acids is 2. The maximum absolute atomic E-state index is 12.8. The Morgan fingerprint density at radius 2 is 1.74 bits per heavy atom. The minimum atomic E-state index is -0.451. The van der Waals surface area contributed by atoms with Crippen molar-refractivity contribution in [3.63, 3.8) is 0 Å². The van der Waals surface area contributed by atoms with Crippen molar-refractivity contribution >= 4 is 23.0 Å². The molecule has 0 bridgehead atoms. The lowest BCUT2D eigenvalue weighted by Gasteiger charge is -2.39. The fourth-order valence-electron chi connectivity index (χ4n) is 4.84. The van der Waals surface area contributed by atoms with Gasteiger partial charge in [0.05, 0.1) is 17.1 Å². The highest BCUT2D eigenvalue weighted by Crippen LogP contribution is 2.16. The van der Waals surface area contributed by atoms with Crippen LogP contribution in [-0.4, -0.2) is 70.1 Å².